The normalized spacial score (nSPS) is 17.2. The quantitative estimate of drug-likeness (QED) is 0.332. The monoisotopic (exact) mass is 561 g/mol. The van der Waals surface area contributed by atoms with Crippen LogP contribution in [0.3, 0.4) is 0 Å². The third kappa shape index (κ3) is 6.63. The number of guanidine groups is 1. The number of halogens is 2. The van der Waals surface area contributed by atoms with Crippen LogP contribution in [0.2, 0.25) is 0 Å². The molecule has 0 amide bonds. The third-order valence-corrected chi connectivity index (χ3v) is 6.75. The van der Waals surface area contributed by atoms with Crippen LogP contribution in [0.5, 0.6) is 0 Å². The van der Waals surface area contributed by atoms with Gasteiger partial charge in [-0.1, -0.05) is 36.4 Å². The van der Waals surface area contributed by atoms with Crippen LogP contribution < -0.4 is 5.32 Å². The highest BCUT2D eigenvalue weighted by atomic mass is 127. The second kappa shape index (κ2) is 11.8. The molecule has 0 aromatic heterocycles. The third-order valence-electron chi connectivity index (χ3n) is 5.03. The molecule has 1 atom stereocenters. The lowest BCUT2D eigenvalue weighted by Gasteiger charge is -2.35. The van der Waals surface area contributed by atoms with Gasteiger partial charge in [0.15, 0.2) is 15.8 Å². The Kier molecular flexibility index (Phi) is 9.70. The summed E-state index contributed by atoms with van der Waals surface area (Å²) in [6, 6.07) is 13.5. The van der Waals surface area contributed by atoms with E-state index < -0.39 is 15.7 Å². The Morgan fingerprint density at radius 2 is 1.94 bits per heavy atom. The lowest BCUT2D eigenvalue weighted by atomic mass is 10.0. The maximum atomic E-state index is 13.9. The summed E-state index contributed by atoms with van der Waals surface area (Å²) in [7, 11) is -3.74. The summed E-state index contributed by atoms with van der Waals surface area (Å²) in [6.45, 7) is 6.56. The van der Waals surface area contributed by atoms with E-state index in [2.05, 4.69) is 34.3 Å². The minimum Gasteiger partial charge on any atom is -0.370 e. The number of benzene rings is 2. The summed E-state index contributed by atoms with van der Waals surface area (Å²) in [5, 5.41) is 3.23. The first-order chi connectivity index (χ1) is 14.4. The molecular formula is C22H29FIN3O3S. The van der Waals surface area contributed by atoms with Crippen LogP contribution in [0.1, 0.15) is 24.2 Å². The van der Waals surface area contributed by atoms with Crippen LogP contribution in [-0.4, -0.2) is 57.8 Å². The number of sulfone groups is 1. The zero-order valence-corrected chi connectivity index (χ0v) is 20.9. The Morgan fingerprint density at radius 3 is 2.65 bits per heavy atom. The maximum absolute atomic E-state index is 13.9. The Bertz CT molecular complexity index is 1000. The number of aryl methyl sites for hydroxylation is 1. The number of ether oxygens (including phenoxy) is 1. The van der Waals surface area contributed by atoms with Crippen LogP contribution in [0.4, 0.5) is 4.39 Å². The zero-order valence-electron chi connectivity index (χ0n) is 17.8. The van der Waals surface area contributed by atoms with Gasteiger partial charge in [-0.2, -0.15) is 0 Å². The molecule has 9 heteroatoms. The first-order valence-corrected chi connectivity index (χ1v) is 11.7. The molecule has 6 nitrogen and oxygen atoms in total. The Morgan fingerprint density at radius 1 is 1.23 bits per heavy atom. The number of morpholine rings is 1. The molecule has 0 radical (unpaired) electrons. The van der Waals surface area contributed by atoms with Gasteiger partial charge in [0.1, 0.15) is 16.8 Å². The molecule has 1 saturated heterocycles. The summed E-state index contributed by atoms with van der Waals surface area (Å²) in [5.74, 6) is -0.347. The van der Waals surface area contributed by atoms with Crippen molar-refractivity contribution in [2.24, 2.45) is 4.99 Å². The lowest BCUT2D eigenvalue weighted by molar-refractivity contribution is -0.00831. The maximum Gasteiger partial charge on any atom is 0.194 e. The molecule has 1 unspecified atom stereocenters. The largest absolute Gasteiger partial charge is 0.370 e. The lowest BCUT2D eigenvalue weighted by Crippen LogP contribution is -2.48. The van der Waals surface area contributed by atoms with Crippen molar-refractivity contribution in [3.05, 3.63) is 65.5 Å². The Hall–Kier alpha value is -1.72. The Labute approximate surface area is 200 Å². The molecule has 1 aliphatic rings. The number of nitrogens with one attached hydrogen (secondary N) is 1. The van der Waals surface area contributed by atoms with Crippen LogP contribution in [0.25, 0.3) is 0 Å². The summed E-state index contributed by atoms with van der Waals surface area (Å²) < 4.78 is 44.8. The summed E-state index contributed by atoms with van der Waals surface area (Å²) in [5.41, 5.74) is 2.31. The van der Waals surface area contributed by atoms with E-state index in [1.807, 2.05) is 19.1 Å². The van der Waals surface area contributed by atoms with Crippen molar-refractivity contribution in [1.29, 1.82) is 0 Å². The van der Waals surface area contributed by atoms with Gasteiger partial charge in [-0.05, 0) is 37.1 Å². The van der Waals surface area contributed by atoms with Crippen LogP contribution >= 0.6 is 24.0 Å². The van der Waals surface area contributed by atoms with Crippen molar-refractivity contribution in [3.63, 3.8) is 0 Å². The van der Waals surface area contributed by atoms with Gasteiger partial charge in [0.25, 0.3) is 0 Å². The molecule has 1 fully saturated rings. The van der Waals surface area contributed by atoms with E-state index in [1.165, 1.54) is 23.8 Å². The van der Waals surface area contributed by atoms with Crippen molar-refractivity contribution in [2.75, 3.05) is 38.5 Å². The molecule has 0 bridgehead atoms. The number of hydrogen-bond acceptors (Lipinski definition) is 4. The van der Waals surface area contributed by atoms with E-state index in [1.54, 1.807) is 0 Å². The molecule has 170 valence electrons. The number of hydrogen-bond donors (Lipinski definition) is 1. The van der Waals surface area contributed by atoms with Crippen molar-refractivity contribution in [1.82, 2.24) is 10.2 Å². The predicted octanol–water partition coefficient (Wildman–Crippen LogP) is 3.56. The molecule has 2 aromatic rings. The summed E-state index contributed by atoms with van der Waals surface area (Å²) >= 11 is 0. The van der Waals surface area contributed by atoms with Gasteiger partial charge in [-0.3, -0.25) is 4.99 Å². The van der Waals surface area contributed by atoms with Crippen LogP contribution in [-0.2, 0) is 14.6 Å². The molecule has 0 aliphatic carbocycles. The van der Waals surface area contributed by atoms with Crippen molar-refractivity contribution < 1.29 is 17.5 Å². The van der Waals surface area contributed by atoms with Gasteiger partial charge in [0, 0.05) is 13.1 Å². The van der Waals surface area contributed by atoms with Gasteiger partial charge < -0.3 is 15.0 Å². The van der Waals surface area contributed by atoms with Gasteiger partial charge in [0.2, 0.25) is 0 Å². The number of nitrogens with zero attached hydrogens (tertiary/aromatic N) is 2. The van der Waals surface area contributed by atoms with Gasteiger partial charge in [-0.25, -0.2) is 12.8 Å². The summed E-state index contributed by atoms with van der Waals surface area (Å²) in [6.07, 6.45) is -0.0778. The first-order valence-electron chi connectivity index (χ1n) is 10.1. The topological polar surface area (TPSA) is 71.0 Å². The fourth-order valence-electron chi connectivity index (χ4n) is 3.48. The van der Waals surface area contributed by atoms with Crippen molar-refractivity contribution in [2.45, 2.75) is 24.8 Å². The van der Waals surface area contributed by atoms with E-state index in [0.29, 0.717) is 32.2 Å². The Balaban J connectivity index is 0.00000341. The van der Waals surface area contributed by atoms with Crippen molar-refractivity contribution in [3.8, 4) is 0 Å². The van der Waals surface area contributed by atoms with Crippen LogP contribution in [0.15, 0.2) is 58.4 Å². The molecule has 31 heavy (non-hydrogen) atoms. The van der Waals surface area contributed by atoms with Crippen molar-refractivity contribution >= 4 is 39.8 Å². The van der Waals surface area contributed by atoms with E-state index in [-0.39, 0.29) is 47.3 Å². The fraction of sp³-hybridized carbons (Fsp3) is 0.409. The van der Waals surface area contributed by atoms with E-state index in [9.17, 15) is 12.8 Å². The highest BCUT2D eigenvalue weighted by molar-refractivity contribution is 14.0. The number of aliphatic imine (C=N–C) groups is 1. The summed E-state index contributed by atoms with van der Waals surface area (Å²) in [4.78, 5) is 6.30. The van der Waals surface area contributed by atoms with Crippen LogP contribution in [0, 0.1) is 12.7 Å². The fourth-order valence-corrected chi connectivity index (χ4v) is 4.68. The smallest absolute Gasteiger partial charge is 0.194 e. The molecule has 0 spiro atoms. The minimum atomic E-state index is -3.74. The average Bonchev–Trinajstić information content (AvgIpc) is 2.74. The molecule has 3 rings (SSSR count). The molecular weight excluding hydrogens is 532 g/mol. The van der Waals surface area contributed by atoms with E-state index >= 15 is 0 Å². The molecule has 0 saturated carbocycles. The first kappa shape index (κ1) is 25.5. The zero-order chi connectivity index (χ0) is 21.6. The van der Waals surface area contributed by atoms with Gasteiger partial charge >= 0.3 is 0 Å². The van der Waals surface area contributed by atoms with E-state index in [0.717, 1.165) is 11.6 Å². The SMILES string of the molecule is CCNC(=NCCS(=O)(=O)c1ccccc1F)N1CCOC(c2ccccc2C)C1.I. The molecule has 1 heterocycles. The molecule has 1 aliphatic heterocycles. The molecule has 2 aromatic carbocycles. The van der Waals surface area contributed by atoms with Gasteiger partial charge in [0.05, 0.1) is 25.4 Å². The second-order valence-corrected chi connectivity index (χ2v) is 9.22. The standard InChI is InChI=1S/C22H28FN3O3S.HI/c1-3-24-22(25-12-15-30(27,28)21-11-7-6-10-19(21)23)26-13-14-29-20(16-26)18-9-5-4-8-17(18)2;/h4-11,20H,3,12-16H2,1-2H3,(H,24,25);1H. The highest BCUT2D eigenvalue weighted by Gasteiger charge is 2.25. The minimum absolute atomic E-state index is 0. The predicted molar refractivity (Wildman–Crippen MR) is 131 cm³/mol. The van der Waals surface area contributed by atoms with Gasteiger partial charge in [-0.15, -0.1) is 24.0 Å². The highest BCUT2D eigenvalue weighted by Crippen LogP contribution is 2.25. The molecule has 1 N–H and O–H groups in total. The van der Waals surface area contributed by atoms with E-state index in [4.69, 9.17) is 4.74 Å². The second-order valence-electron chi connectivity index (χ2n) is 7.15. The number of rotatable bonds is 6. The average molecular weight is 561 g/mol.